The first kappa shape index (κ1) is 16.6. The van der Waals surface area contributed by atoms with Gasteiger partial charge in [0, 0.05) is 10.7 Å². The maximum atomic E-state index is 12.1. The predicted molar refractivity (Wildman–Crippen MR) is 81.3 cm³/mol. The van der Waals surface area contributed by atoms with Crippen molar-refractivity contribution in [3.8, 4) is 0 Å². The second kappa shape index (κ2) is 6.55. The van der Waals surface area contributed by atoms with Crippen LogP contribution in [0.25, 0.3) is 0 Å². The molecule has 0 N–H and O–H groups in total. The summed E-state index contributed by atoms with van der Waals surface area (Å²) in [5.74, 6) is 0.0370. The van der Waals surface area contributed by atoms with E-state index in [2.05, 4.69) is 6.92 Å². The van der Waals surface area contributed by atoms with E-state index >= 15 is 0 Å². The van der Waals surface area contributed by atoms with Gasteiger partial charge in [-0.1, -0.05) is 18.5 Å². The lowest BCUT2D eigenvalue weighted by molar-refractivity contribution is 0.0173. The average molecular weight is 351 g/mol. The summed E-state index contributed by atoms with van der Waals surface area (Å²) in [7, 11) is 1.36. The molecule has 1 aromatic carbocycles. The average Bonchev–Trinajstić information content (AvgIpc) is 2.40. The van der Waals surface area contributed by atoms with E-state index in [4.69, 9.17) is 27.0 Å². The summed E-state index contributed by atoms with van der Waals surface area (Å²) in [4.78, 5) is 12.0. The minimum atomic E-state index is -3.91. The molecule has 1 fully saturated rings. The summed E-state index contributed by atoms with van der Waals surface area (Å²) in [6.45, 7) is 2.17. The minimum absolute atomic E-state index is 0.0250. The molecule has 0 amide bonds. The Bertz CT molecular complexity index is 634. The molecule has 2 rings (SSSR count). The SMILES string of the molecule is CC1CCC(OC(=O)c2cc(S(=O)(=O)Cl)ccc2Cl)CC1. The maximum absolute atomic E-state index is 12.1. The van der Waals surface area contributed by atoms with Crippen LogP contribution in [-0.4, -0.2) is 20.5 Å². The van der Waals surface area contributed by atoms with Crippen LogP contribution in [0.1, 0.15) is 43.0 Å². The van der Waals surface area contributed by atoms with E-state index in [1.54, 1.807) is 0 Å². The molecule has 7 heteroatoms. The molecule has 0 heterocycles. The van der Waals surface area contributed by atoms with Crippen LogP contribution in [0.3, 0.4) is 0 Å². The first-order valence-corrected chi connectivity index (χ1v) is 9.41. The Labute approximate surface area is 133 Å². The summed E-state index contributed by atoms with van der Waals surface area (Å²) in [6, 6.07) is 3.73. The molecule has 0 unspecified atom stereocenters. The summed E-state index contributed by atoms with van der Waals surface area (Å²) in [5.41, 5.74) is 0.0250. The number of esters is 1. The maximum Gasteiger partial charge on any atom is 0.339 e. The van der Waals surface area contributed by atoms with Gasteiger partial charge in [0.05, 0.1) is 15.5 Å². The molecule has 1 aliphatic carbocycles. The zero-order valence-corrected chi connectivity index (χ0v) is 13.8. The molecule has 0 radical (unpaired) electrons. The highest BCUT2D eigenvalue weighted by Gasteiger charge is 2.24. The number of halogens is 2. The summed E-state index contributed by atoms with van der Waals surface area (Å²) >= 11 is 5.94. The number of hydrogen-bond donors (Lipinski definition) is 0. The summed E-state index contributed by atoms with van der Waals surface area (Å²) in [6.07, 6.45) is 3.53. The minimum Gasteiger partial charge on any atom is -0.459 e. The van der Waals surface area contributed by atoms with E-state index in [0.29, 0.717) is 5.92 Å². The first-order chi connectivity index (χ1) is 9.77. The van der Waals surface area contributed by atoms with Crippen molar-refractivity contribution >= 4 is 37.3 Å². The molecule has 1 saturated carbocycles. The van der Waals surface area contributed by atoms with Crippen molar-refractivity contribution in [1.29, 1.82) is 0 Å². The van der Waals surface area contributed by atoms with Crippen LogP contribution in [0.5, 0.6) is 0 Å². The predicted octanol–water partition coefficient (Wildman–Crippen LogP) is 4.00. The van der Waals surface area contributed by atoms with E-state index < -0.39 is 15.0 Å². The Morgan fingerprint density at radius 1 is 1.24 bits per heavy atom. The van der Waals surface area contributed by atoms with Gasteiger partial charge in [-0.15, -0.1) is 0 Å². The highest BCUT2D eigenvalue weighted by Crippen LogP contribution is 2.28. The van der Waals surface area contributed by atoms with E-state index in [9.17, 15) is 13.2 Å². The number of rotatable bonds is 3. The number of carbonyl (C=O) groups is 1. The van der Waals surface area contributed by atoms with Crippen molar-refractivity contribution in [1.82, 2.24) is 0 Å². The standard InChI is InChI=1S/C14H16Cl2O4S/c1-9-2-4-10(5-3-9)20-14(17)12-8-11(21(16,18)19)6-7-13(12)15/h6-10H,2-5H2,1H3. The molecule has 21 heavy (non-hydrogen) atoms. The van der Waals surface area contributed by atoms with Gasteiger partial charge in [0.2, 0.25) is 0 Å². The monoisotopic (exact) mass is 350 g/mol. The van der Waals surface area contributed by atoms with Gasteiger partial charge < -0.3 is 4.74 Å². The zero-order chi connectivity index (χ0) is 15.6. The summed E-state index contributed by atoms with van der Waals surface area (Å²) < 4.78 is 28.0. The molecule has 0 spiro atoms. The molecular weight excluding hydrogens is 335 g/mol. The molecule has 4 nitrogen and oxygen atoms in total. The van der Waals surface area contributed by atoms with Crippen LogP contribution in [-0.2, 0) is 13.8 Å². The second-order valence-corrected chi connectivity index (χ2v) is 8.34. The zero-order valence-electron chi connectivity index (χ0n) is 11.5. The smallest absolute Gasteiger partial charge is 0.339 e. The van der Waals surface area contributed by atoms with Crippen molar-refractivity contribution in [3.63, 3.8) is 0 Å². The fourth-order valence-corrected chi connectivity index (χ4v) is 3.35. The van der Waals surface area contributed by atoms with Gasteiger partial charge in [0.15, 0.2) is 0 Å². The number of benzene rings is 1. The molecule has 0 atom stereocenters. The van der Waals surface area contributed by atoms with Gasteiger partial charge in [-0.3, -0.25) is 0 Å². The lowest BCUT2D eigenvalue weighted by Crippen LogP contribution is -2.23. The van der Waals surface area contributed by atoms with E-state index in [1.165, 1.54) is 12.1 Å². The van der Waals surface area contributed by atoms with E-state index in [0.717, 1.165) is 31.7 Å². The van der Waals surface area contributed by atoms with Gasteiger partial charge in [0.1, 0.15) is 6.10 Å². The third-order valence-electron chi connectivity index (χ3n) is 3.68. The Balaban J connectivity index is 2.15. The van der Waals surface area contributed by atoms with Crippen LogP contribution in [0.2, 0.25) is 5.02 Å². The highest BCUT2D eigenvalue weighted by atomic mass is 35.7. The molecule has 0 bridgehead atoms. The fourth-order valence-electron chi connectivity index (χ4n) is 2.37. The van der Waals surface area contributed by atoms with Crippen LogP contribution < -0.4 is 0 Å². The van der Waals surface area contributed by atoms with Crippen molar-refractivity contribution in [3.05, 3.63) is 28.8 Å². The van der Waals surface area contributed by atoms with Crippen molar-refractivity contribution in [2.24, 2.45) is 5.92 Å². The summed E-state index contributed by atoms with van der Waals surface area (Å²) in [5, 5.41) is 0.147. The van der Waals surface area contributed by atoms with Gasteiger partial charge >= 0.3 is 5.97 Å². The molecule has 0 aromatic heterocycles. The molecule has 116 valence electrons. The first-order valence-electron chi connectivity index (χ1n) is 6.72. The van der Waals surface area contributed by atoms with Crippen molar-refractivity contribution in [2.75, 3.05) is 0 Å². The lowest BCUT2D eigenvalue weighted by Gasteiger charge is -2.26. The van der Waals surface area contributed by atoms with E-state index in [-0.39, 0.29) is 21.6 Å². The lowest BCUT2D eigenvalue weighted by atomic mass is 9.89. The molecule has 0 aliphatic heterocycles. The molecule has 0 saturated heterocycles. The van der Waals surface area contributed by atoms with Gasteiger partial charge in [-0.2, -0.15) is 0 Å². The van der Waals surface area contributed by atoms with Crippen LogP contribution in [0, 0.1) is 5.92 Å². The van der Waals surface area contributed by atoms with Gasteiger partial charge in [-0.25, -0.2) is 13.2 Å². The topological polar surface area (TPSA) is 60.4 Å². The Morgan fingerprint density at radius 3 is 2.43 bits per heavy atom. The van der Waals surface area contributed by atoms with Gasteiger partial charge in [0.25, 0.3) is 9.05 Å². The third-order valence-corrected chi connectivity index (χ3v) is 5.36. The largest absolute Gasteiger partial charge is 0.459 e. The quantitative estimate of drug-likeness (QED) is 0.610. The Kier molecular flexibility index (Phi) is 5.17. The van der Waals surface area contributed by atoms with Crippen LogP contribution in [0.15, 0.2) is 23.1 Å². The van der Waals surface area contributed by atoms with Gasteiger partial charge in [-0.05, 0) is 49.8 Å². The number of hydrogen-bond acceptors (Lipinski definition) is 4. The van der Waals surface area contributed by atoms with Crippen molar-refractivity contribution < 1.29 is 17.9 Å². The van der Waals surface area contributed by atoms with Crippen molar-refractivity contribution in [2.45, 2.75) is 43.6 Å². The van der Waals surface area contributed by atoms with Crippen LogP contribution >= 0.6 is 22.3 Å². The second-order valence-electron chi connectivity index (χ2n) is 5.37. The Morgan fingerprint density at radius 2 is 1.86 bits per heavy atom. The number of carbonyl (C=O) groups excluding carboxylic acids is 1. The van der Waals surface area contributed by atoms with Crippen LogP contribution in [0.4, 0.5) is 0 Å². The number of ether oxygens (including phenoxy) is 1. The van der Waals surface area contributed by atoms with E-state index in [1.807, 2.05) is 0 Å². The molecular formula is C14H16Cl2O4S. The molecule has 1 aliphatic rings. The highest BCUT2D eigenvalue weighted by molar-refractivity contribution is 8.13. The third kappa shape index (κ3) is 4.34. The fraction of sp³-hybridized carbons (Fsp3) is 0.500. The molecule has 1 aromatic rings. The normalized spacial score (nSPS) is 22.8. The Hall–Kier alpha value is -0.780.